The maximum atomic E-state index is 13.3. The molecule has 1 amide bonds. The molecule has 0 saturated heterocycles. The number of carbonyl (C=O) groups is 1. The van der Waals surface area contributed by atoms with Crippen LogP contribution < -0.4 is 4.90 Å². The topological polar surface area (TPSA) is 77.7 Å². The lowest BCUT2D eigenvalue weighted by Crippen LogP contribution is -2.35. The van der Waals surface area contributed by atoms with Crippen LogP contribution in [-0.2, 0) is 16.8 Å². The summed E-state index contributed by atoms with van der Waals surface area (Å²) in [6.07, 6.45) is 0. The molecule has 1 aliphatic rings. The van der Waals surface area contributed by atoms with Crippen LogP contribution in [-0.4, -0.2) is 26.1 Å². The number of para-hydroxylation sites is 1. The minimum atomic E-state index is -0.601. The van der Waals surface area contributed by atoms with Gasteiger partial charge in [-0.15, -0.1) is 0 Å². The van der Waals surface area contributed by atoms with Crippen LogP contribution in [0.15, 0.2) is 66.7 Å². The van der Waals surface area contributed by atoms with Crippen LogP contribution in [0.25, 0.3) is 33.5 Å². The van der Waals surface area contributed by atoms with E-state index in [0.717, 1.165) is 50.3 Å². The molecular formula is C25H21N5O. The van der Waals surface area contributed by atoms with Gasteiger partial charge in [-0.05, 0) is 43.2 Å². The van der Waals surface area contributed by atoms with Gasteiger partial charge in [0, 0.05) is 5.39 Å². The third kappa shape index (κ3) is 2.61. The van der Waals surface area contributed by atoms with Gasteiger partial charge >= 0.3 is 0 Å². The molecule has 0 fully saturated rings. The molecule has 0 bridgehead atoms. The van der Waals surface area contributed by atoms with E-state index in [-0.39, 0.29) is 5.91 Å². The number of aromatic amines is 2. The summed E-state index contributed by atoms with van der Waals surface area (Å²) in [6.45, 7) is 4.52. The van der Waals surface area contributed by atoms with Crippen LogP contribution in [0.3, 0.4) is 0 Å². The molecule has 2 aromatic heterocycles. The van der Waals surface area contributed by atoms with E-state index in [1.165, 1.54) is 0 Å². The minimum absolute atomic E-state index is 0.109. The van der Waals surface area contributed by atoms with E-state index in [0.29, 0.717) is 6.54 Å². The number of hydrogen-bond donors (Lipinski definition) is 2. The first kappa shape index (κ1) is 17.9. The summed E-state index contributed by atoms with van der Waals surface area (Å²) in [5, 5.41) is 8.56. The summed E-state index contributed by atoms with van der Waals surface area (Å²) in [7, 11) is 0. The predicted molar refractivity (Wildman–Crippen MR) is 122 cm³/mol. The molecule has 152 valence electrons. The molecule has 1 aliphatic heterocycles. The van der Waals surface area contributed by atoms with Crippen LogP contribution in [0.2, 0.25) is 0 Å². The number of fused-ring (bicyclic) bond motifs is 3. The first-order valence-corrected chi connectivity index (χ1v) is 10.4. The van der Waals surface area contributed by atoms with Crippen molar-refractivity contribution in [2.45, 2.75) is 25.8 Å². The van der Waals surface area contributed by atoms with E-state index >= 15 is 0 Å². The standard InChI is InChI=1S/C25H21N5O/c1-25(2)17-12-19-20(13-21(17)30(24(25)31)14-15-8-4-3-5-9-15)27-23(26-19)22-16-10-6-7-11-18(16)28-29-22/h3-13H,14H2,1-2H3,(H,26,27)(H,28,29). The molecule has 0 aliphatic carbocycles. The second-order valence-electron chi connectivity index (χ2n) is 8.59. The Labute approximate surface area is 178 Å². The van der Waals surface area contributed by atoms with Crippen molar-refractivity contribution in [2.75, 3.05) is 4.90 Å². The van der Waals surface area contributed by atoms with Crippen molar-refractivity contribution in [1.29, 1.82) is 0 Å². The summed E-state index contributed by atoms with van der Waals surface area (Å²) < 4.78 is 0. The number of anilines is 1. The van der Waals surface area contributed by atoms with E-state index < -0.39 is 5.41 Å². The molecule has 0 saturated carbocycles. The lowest BCUT2D eigenvalue weighted by Gasteiger charge is -2.20. The summed E-state index contributed by atoms with van der Waals surface area (Å²) in [5.74, 6) is 0.826. The van der Waals surface area contributed by atoms with Crippen LogP contribution in [0.1, 0.15) is 25.0 Å². The predicted octanol–water partition coefficient (Wildman–Crippen LogP) is 4.93. The largest absolute Gasteiger partial charge is 0.337 e. The number of nitrogens with one attached hydrogen (secondary N) is 2. The van der Waals surface area contributed by atoms with Crippen molar-refractivity contribution >= 4 is 33.5 Å². The van der Waals surface area contributed by atoms with Crippen molar-refractivity contribution in [3.05, 3.63) is 77.9 Å². The smallest absolute Gasteiger partial charge is 0.237 e. The Kier molecular flexibility index (Phi) is 3.63. The van der Waals surface area contributed by atoms with E-state index in [1.807, 2.05) is 85.5 Å². The van der Waals surface area contributed by atoms with Gasteiger partial charge in [0.2, 0.25) is 5.91 Å². The Hall–Kier alpha value is -3.93. The minimum Gasteiger partial charge on any atom is -0.337 e. The number of imidazole rings is 1. The second kappa shape index (κ2) is 6.28. The molecule has 6 heteroatoms. The lowest BCUT2D eigenvalue weighted by atomic mass is 9.86. The number of hydrogen-bond acceptors (Lipinski definition) is 3. The van der Waals surface area contributed by atoms with E-state index in [2.05, 4.69) is 15.2 Å². The SMILES string of the molecule is CC1(C)C(=O)N(Cc2ccccc2)c2cc3[nH]c(-c4n[nH]c5ccccc45)nc3cc21. The van der Waals surface area contributed by atoms with Gasteiger partial charge in [-0.3, -0.25) is 9.89 Å². The lowest BCUT2D eigenvalue weighted by molar-refractivity contribution is -0.122. The van der Waals surface area contributed by atoms with Crippen molar-refractivity contribution in [3.63, 3.8) is 0 Å². The van der Waals surface area contributed by atoms with Gasteiger partial charge in [0.05, 0.1) is 34.2 Å². The molecule has 6 rings (SSSR count). The van der Waals surface area contributed by atoms with Crippen LogP contribution in [0, 0.1) is 0 Å². The van der Waals surface area contributed by atoms with Crippen LogP contribution in [0.5, 0.6) is 0 Å². The zero-order valence-electron chi connectivity index (χ0n) is 17.3. The quantitative estimate of drug-likeness (QED) is 0.445. The number of aromatic nitrogens is 4. The van der Waals surface area contributed by atoms with Crippen LogP contribution >= 0.6 is 0 Å². The van der Waals surface area contributed by atoms with Gasteiger partial charge in [-0.25, -0.2) is 4.98 Å². The average Bonchev–Trinajstić information content (AvgIpc) is 3.44. The highest BCUT2D eigenvalue weighted by Gasteiger charge is 2.44. The van der Waals surface area contributed by atoms with Gasteiger partial charge in [0.1, 0.15) is 5.69 Å². The maximum Gasteiger partial charge on any atom is 0.237 e. The van der Waals surface area contributed by atoms with E-state index in [4.69, 9.17) is 4.98 Å². The Morgan fingerprint density at radius 2 is 1.74 bits per heavy atom. The molecule has 0 spiro atoms. The molecule has 0 unspecified atom stereocenters. The number of rotatable bonds is 3. The fraction of sp³-hybridized carbons (Fsp3) is 0.160. The summed E-state index contributed by atoms with van der Waals surface area (Å²) in [5.41, 5.74) is 5.95. The summed E-state index contributed by atoms with van der Waals surface area (Å²) >= 11 is 0. The van der Waals surface area contributed by atoms with Crippen molar-refractivity contribution in [3.8, 4) is 11.5 Å². The molecule has 0 radical (unpaired) electrons. The van der Waals surface area contributed by atoms with Crippen molar-refractivity contribution in [2.24, 2.45) is 0 Å². The zero-order valence-corrected chi connectivity index (χ0v) is 17.3. The Balaban J connectivity index is 1.49. The Morgan fingerprint density at radius 1 is 0.968 bits per heavy atom. The van der Waals surface area contributed by atoms with E-state index in [1.54, 1.807) is 0 Å². The molecule has 0 atom stereocenters. The number of amides is 1. The van der Waals surface area contributed by atoms with Gasteiger partial charge in [-0.2, -0.15) is 5.10 Å². The highest BCUT2D eigenvalue weighted by molar-refractivity contribution is 6.09. The fourth-order valence-electron chi connectivity index (χ4n) is 4.51. The first-order valence-electron chi connectivity index (χ1n) is 10.4. The fourth-order valence-corrected chi connectivity index (χ4v) is 4.51. The molecule has 3 heterocycles. The third-order valence-electron chi connectivity index (χ3n) is 6.22. The van der Waals surface area contributed by atoms with Crippen LogP contribution in [0.4, 0.5) is 5.69 Å². The highest BCUT2D eigenvalue weighted by atomic mass is 16.2. The number of carbonyl (C=O) groups excluding carboxylic acids is 1. The van der Waals surface area contributed by atoms with E-state index in [9.17, 15) is 4.79 Å². The number of H-pyrrole nitrogens is 2. The molecular weight excluding hydrogens is 386 g/mol. The number of benzene rings is 3. The van der Waals surface area contributed by atoms with Crippen molar-refractivity contribution in [1.82, 2.24) is 20.2 Å². The second-order valence-corrected chi connectivity index (χ2v) is 8.59. The van der Waals surface area contributed by atoms with Gasteiger partial charge < -0.3 is 9.88 Å². The van der Waals surface area contributed by atoms with Crippen molar-refractivity contribution < 1.29 is 4.79 Å². The first-order chi connectivity index (χ1) is 15.0. The monoisotopic (exact) mass is 407 g/mol. The molecule has 3 aromatic carbocycles. The normalized spacial score (nSPS) is 15.2. The third-order valence-corrected chi connectivity index (χ3v) is 6.22. The highest BCUT2D eigenvalue weighted by Crippen LogP contribution is 2.44. The zero-order chi connectivity index (χ0) is 21.2. The van der Waals surface area contributed by atoms with Gasteiger partial charge in [-0.1, -0.05) is 48.5 Å². The molecule has 2 N–H and O–H groups in total. The van der Waals surface area contributed by atoms with Gasteiger partial charge in [0.25, 0.3) is 0 Å². The molecule has 31 heavy (non-hydrogen) atoms. The Bertz CT molecular complexity index is 1460. The number of nitrogens with zero attached hydrogens (tertiary/aromatic N) is 3. The summed E-state index contributed by atoms with van der Waals surface area (Å²) in [4.78, 5) is 23.4. The summed E-state index contributed by atoms with van der Waals surface area (Å²) in [6, 6.07) is 22.2. The average molecular weight is 407 g/mol. The Morgan fingerprint density at radius 3 is 2.58 bits per heavy atom. The molecule has 6 nitrogen and oxygen atoms in total. The maximum absolute atomic E-state index is 13.3. The van der Waals surface area contributed by atoms with Gasteiger partial charge in [0.15, 0.2) is 5.82 Å². The molecule has 5 aromatic rings.